The lowest BCUT2D eigenvalue weighted by Gasteiger charge is -2.23. The maximum atomic E-state index is 10.4. The van der Waals surface area contributed by atoms with Crippen molar-refractivity contribution in [1.82, 2.24) is 4.98 Å². The van der Waals surface area contributed by atoms with Gasteiger partial charge in [0.05, 0.1) is 38.4 Å². The Balaban J connectivity index is 0.000000362. The molecule has 19 heavy (non-hydrogen) atoms. The normalized spacial score (nSPS) is 10.1. The number of aromatic nitrogens is 1. The van der Waals surface area contributed by atoms with Gasteiger partial charge in [-0.1, -0.05) is 12.6 Å². The molecule has 0 aliphatic rings. The fourth-order valence-corrected chi connectivity index (χ4v) is 1.04. The van der Waals surface area contributed by atoms with E-state index in [0.717, 1.165) is 0 Å². The summed E-state index contributed by atoms with van der Waals surface area (Å²) in [6.07, 6.45) is 1.53. The van der Waals surface area contributed by atoms with E-state index >= 15 is 0 Å². The molecule has 0 amide bonds. The Labute approximate surface area is 112 Å². The third kappa shape index (κ3) is 8.50. The first kappa shape index (κ1) is 16.8. The summed E-state index contributed by atoms with van der Waals surface area (Å²) >= 11 is 0. The molecule has 0 aliphatic heterocycles. The summed E-state index contributed by atoms with van der Waals surface area (Å²) in [5.41, 5.74) is 0.422. The standard InChI is InChI=1S/C8H7NO2.C5H11NO2/c1-6(8(10)11)7-4-2-3-5-9-7;1-6(2,3)4-5(7)8/h2-5H,1H2,(H,10,11);4H2,1-3H3. The molecule has 1 heterocycles. The number of likely N-dealkylation sites (N-methyl/N-ethyl adjacent to an activating group) is 1. The first-order chi connectivity index (χ1) is 8.63. The van der Waals surface area contributed by atoms with Crippen LogP contribution in [0.25, 0.3) is 5.57 Å². The average molecular weight is 266 g/mol. The Bertz CT molecular complexity index is 449. The van der Waals surface area contributed by atoms with Crippen LogP contribution >= 0.6 is 0 Å². The first-order valence-electron chi connectivity index (χ1n) is 5.47. The number of hydrogen-bond donors (Lipinski definition) is 1. The molecular formula is C13H18N2O4. The lowest BCUT2D eigenvalue weighted by Crippen LogP contribution is -2.45. The molecule has 0 aromatic carbocycles. The van der Waals surface area contributed by atoms with E-state index in [4.69, 9.17) is 5.11 Å². The van der Waals surface area contributed by atoms with Gasteiger partial charge in [0.15, 0.2) is 0 Å². The Morgan fingerprint density at radius 3 is 2.21 bits per heavy atom. The predicted octanol–water partition coefficient (Wildman–Crippen LogP) is -0.378. The summed E-state index contributed by atoms with van der Waals surface area (Å²) in [6, 6.07) is 5.05. The molecule has 1 rings (SSSR count). The van der Waals surface area contributed by atoms with E-state index in [1.165, 1.54) is 6.20 Å². The SMILES string of the molecule is C=C(C(=O)O)c1ccccn1.C[N+](C)(C)CC(=O)[O-]. The topological polar surface area (TPSA) is 90.3 Å². The van der Waals surface area contributed by atoms with Gasteiger partial charge in [-0.3, -0.25) is 4.98 Å². The number of carbonyl (C=O) groups is 2. The number of pyridine rings is 1. The molecule has 104 valence electrons. The van der Waals surface area contributed by atoms with Crippen molar-refractivity contribution in [2.75, 3.05) is 27.7 Å². The van der Waals surface area contributed by atoms with Crippen molar-refractivity contribution < 1.29 is 24.3 Å². The van der Waals surface area contributed by atoms with Gasteiger partial charge in [0.2, 0.25) is 0 Å². The van der Waals surface area contributed by atoms with E-state index in [2.05, 4.69) is 11.6 Å². The zero-order chi connectivity index (χ0) is 15.1. The largest absolute Gasteiger partial charge is 0.544 e. The molecule has 6 heteroatoms. The van der Waals surface area contributed by atoms with Gasteiger partial charge in [0.1, 0.15) is 6.54 Å². The van der Waals surface area contributed by atoms with Crippen LogP contribution in [0.1, 0.15) is 5.69 Å². The van der Waals surface area contributed by atoms with E-state index < -0.39 is 11.9 Å². The molecule has 0 saturated heterocycles. The van der Waals surface area contributed by atoms with Crippen LogP contribution in [0.3, 0.4) is 0 Å². The van der Waals surface area contributed by atoms with E-state index in [1.807, 2.05) is 0 Å². The second kappa shape index (κ2) is 7.27. The molecule has 6 nitrogen and oxygen atoms in total. The van der Waals surface area contributed by atoms with E-state index in [0.29, 0.717) is 10.2 Å². The van der Waals surface area contributed by atoms with Crippen LogP contribution in [0, 0.1) is 0 Å². The number of quaternary nitrogens is 1. The van der Waals surface area contributed by atoms with Crippen molar-refractivity contribution in [2.24, 2.45) is 0 Å². The van der Waals surface area contributed by atoms with Crippen molar-refractivity contribution >= 4 is 17.5 Å². The lowest BCUT2D eigenvalue weighted by atomic mass is 10.2. The minimum Gasteiger partial charge on any atom is -0.544 e. The summed E-state index contributed by atoms with van der Waals surface area (Å²) in [5.74, 6) is -2.04. The van der Waals surface area contributed by atoms with Gasteiger partial charge in [0, 0.05) is 6.20 Å². The summed E-state index contributed by atoms with van der Waals surface area (Å²) in [7, 11) is 5.40. The highest BCUT2D eigenvalue weighted by Gasteiger charge is 2.06. The number of carboxylic acid groups (broad SMARTS) is 2. The number of hydrogen-bond acceptors (Lipinski definition) is 4. The smallest absolute Gasteiger partial charge is 0.337 e. The van der Waals surface area contributed by atoms with Crippen LogP contribution in [-0.4, -0.2) is 54.2 Å². The van der Waals surface area contributed by atoms with E-state index in [1.54, 1.807) is 39.3 Å². The van der Waals surface area contributed by atoms with Crippen molar-refractivity contribution in [3.8, 4) is 0 Å². The molecule has 0 bridgehead atoms. The molecule has 1 aromatic heterocycles. The van der Waals surface area contributed by atoms with Gasteiger partial charge >= 0.3 is 5.97 Å². The molecular weight excluding hydrogens is 248 g/mol. The van der Waals surface area contributed by atoms with Crippen molar-refractivity contribution in [1.29, 1.82) is 0 Å². The fraction of sp³-hybridized carbons (Fsp3) is 0.308. The van der Waals surface area contributed by atoms with Gasteiger partial charge in [0.25, 0.3) is 0 Å². The van der Waals surface area contributed by atoms with E-state index in [9.17, 15) is 14.7 Å². The molecule has 0 radical (unpaired) electrons. The summed E-state index contributed by atoms with van der Waals surface area (Å²) in [4.78, 5) is 24.1. The van der Waals surface area contributed by atoms with Gasteiger partial charge in [-0.15, -0.1) is 0 Å². The maximum Gasteiger partial charge on any atom is 0.337 e. The molecule has 0 aliphatic carbocycles. The third-order valence-corrected chi connectivity index (χ3v) is 1.84. The van der Waals surface area contributed by atoms with Crippen LogP contribution in [0.2, 0.25) is 0 Å². The number of aliphatic carboxylic acids is 2. The van der Waals surface area contributed by atoms with Crippen molar-refractivity contribution in [3.05, 3.63) is 36.7 Å². The van der Waals surface area contributed by atoms with Crippen molar-refractivity contribution in [2.45, 2.75) is 0 Å². The Kier molecular flexibility index (Phi) is 6.43. The van der Waals surface area contributed by atoms with Crippen LogP contribution in [0.15, 0.2) is 31.0 Å². The number of nitrogens with zero attached hydrogens (tertiary/aromatic N) is 2. The zero-order valence-electron chi connectivity index (χ0n) is 11.3. The van der Waals surface area contributed by atoms with Gasteiger partial charge in [-0.2, -0.15) is 0 Å². The van der Waals surface area contributed by atoms with Crippen molar-refractivity contribution in [3.63, 3.8) is 0 Å². The number of rotatable bonds is 4. The molecule has 0 atom stereocenters. The first-order valence-corrected chi connectivity index (χ1v) is 5.47. The minimum atomic E-state index is -1.04. The Hall–Kier alpha value is -2.21. The fourth-order valence-electron chi connectivity index (χ4n) is 1.04. The van der Waals surface area contributed by atoms with Gasteiger partial charge in [-0.25, -0.2) is 4.79 Å². The lowest BCUT2D eigenvalue weighted by molar-refractivity contribution is -0.864. The number of carboxylic acids is 2. The quantitative estimate of drug-likeness (QED) is 0.592. The average Bonchev–Trinajstić information content (AvgIpc) is 2.26. The van der Waals surface area contributed by atoms with Gasteiger partial charge in [-0.05, 0) is 12.1 Å². The molecule has 1 aromatic rings. The Morgan fingerprint density at radius 2 is 1.95 bits per heavy atom. The predicted molar refractivity (Wildman–Crippen MR) is 68.8 cm³/mol. The summed E-state index contributed by atoms with van der Waals surface area (Å²) < 4.78 is 0.419. The highest BCUT2D eigenvalue weighted by atomic mass is 16.4. The second-order valence-corrected chi connectivity index (χ2v) is 4.82. The van der Waals surface area contributed by atoms with Crippen LogP contribution in [0.4, 0.5) is 0 Å². The molecule has 0 fully saturated rings. The van der Waals surface area contributed by atoms with E-state index in [-0.39, 0.29) is 12.1 Å². The van der Waals surface area contributed by atoms with Crippen LogP contribution in [-0.2, 0) is 9.59 Å². The third-order valence-electron chi connectivity index (χ3n) is 1.84. The van der Waals surface area contributed by atoms with Crippen LogP contribution < -0.4 is 5.11 Å². The monoisotopic (exact) mass is 266 g/mol. The summed E-state index contributed by atoms with van der Waals surface area (Å²) in [6.45, 7) is 3.43. The zero-order valence-corrected chi connectivity index (χ0v) is 11.3. The van der Waals surface area contributed by atoms with Crippen LogP contribution in [0.5, 0.6) is 0 Å². The maximum absolute atomic E-state index is 10.4. The molecule has 0 saturated carbocycles. The minimum absolute atomic E-state index is 0.0191. The molecule has 0 spiro atoms. The second-order valence-electron chi connectivity index (χ2n) is 4.82. The highest BCUT2D eigenvalue weighted by molar-refractivity contribution is 6.13. The molecule has 0 unspecified atom stereocenters. The Morgan fingerprint density at radius 1 is 1.37 bits per heavy atom. The van der Waals surface area contributed by atoms with Gasteiger partial charge < -0.3 is 19.5 Å². The molecule has 1 N–H and O–H groups in total. The number of carbonyl (C=O) groups excluding carboxylic acids is 1. The summed E-state index contributed by atoms with van der Waals surface area (Å²) in [5, 5.41) is 18.4. The highest BCUT2D eigenvalue weighted by Crippen LogP contribution is 2.06.